The normalized spacial score (nSPS) is 10.6. The third kappa shape index (κ3) is 3.16. The fraction of sp³-hybridized carbons (Fsp3) is 0.158. The van der Waals surface area contributed by atoms with Crippen molar-refractivity contribution < 1.29 is 9.32 Å². The minimum atomic E-state index is -0.297. The second-order valence-electron chi connectivity index (χ2n) is 5.67. The summed E-state index contributed by atoms with van der Waals surface area (Å²) in [6.07, 6.45) is 0. The number of nitrogens with zero attached hydrogens (tertiary/aromatic N) is 1. The second-order valence-corrected chi connectivity index (χ2v) is 5.67. The number of aromatic nitrogens is 1. The highest BCUT2D eigenvalue weighted by Crippen LogP contribution is 2.24. The van der Waals surface area contributed by atoms with Crippen LogP contribution in [0.3, 0.4) is 0 Å². The van der Waals surface area contributed by atoms with E-state index in [0.717, 1.165) is 22.4 Å². The van der Waals surface area contributed by atoms with Crippen LogP contribution in [-0.2, 0) is 0 Å². The van der Waals surface area contributed by atoms with E-state index in [9.17, 15) is 4.79 Å². The summed E-state index contributed by atoms with van der Waals surface area (Å²) in [6.45, 7) is 5.99. The Morgan fingerprint density at radius 3 is 2.30 bits per heavy atom. The lowest BCUT2D eigenvalue weighted by Gasteiger charge is -2.11. The molecule has 0 aliphatic rings. The van der Waals surface area contributed by atoms with Crippen molar-refractivity contribution in [1.29, 1.82) is 0 Å². The molecule has 1 N–H and O–H groups in total. The van der Waals surface area contributed by atoms with Gasteiger partial charge in [-0.1, -0.05) is 53.2 Å². The van der Waals surface area contributed by atoms with Gasteiger partial charge >= 0.3 is 0 Å². The topological polar surface area (TPSA) is 55.1 Å². The second kappa shape index (κ2) is 6.08. The molecular weight excluding hydrogens is 288 g/mol. The Hall–Kier alpha value is -2.88. The minimum Gasteiger partial charge on any atom is -0.350 e. The molecule has 3 rings (SSSR count). The van der Waals surface area contributed by atoms with Gasteiger partial charge in [-0.05, 0) is 31.9 Å². The van der Waals surface area contributed by atoms with Gasteiger partial charge in [0.15, 0.2) is 0 Å². The summed E-state index contributed by atoms with van der Waals surface area (Å²) in [5, 5.41) is 6.89. The monoisotopic (exact) mass is 306 g/mol. The van der Waals surface area contributed by atoms with Gasteiger partial charge in [0, 0.05) is 17.3 Å². The molecule has 3 aromatic rings. The molecule has 0 saturated carbocycles. The van der Waals surface area contributed by atoms with E-state index >= 15 is 0 Å². The van der Waals surface area contributed by atoms with E-state index in [-0.39, 0.29) is 11.7 Å². The number of carbonyl (C=O) groups is 1. The van der Waals surface area contributed by atoms with Gasteiger partial charge in [0.25, 0.3) is 5.91 Å². The van der Waals surface area contributed by atoms with Crippen molar-refractivity contribution in [3.05, 3.63) is 71.0 Å². The van der Waals surface area contributed by atoms with Gasteiger partial charge < -0.3 is 9.84 Å². The molecule has 1 heterocycles. The zero-order valence-corrected chi connectivity index (χ0v) is 13.4. The Kier molecular flexibility index (Phi) is 3.98. The summed E-state index contributed by atoms with van der Waals surface area (Å²) in [4.78, 5) is 12.4. The average Bonchev–Trinajstić information content (AvgIpc) is 3.01. The predicted molar refractivity (Wildman–Crippen MR) is 90.5 cm³/mol. The van der Waals surface area contributed by atoms with Crippen molar-refractivity contribution in [2.75, 3.05) is 5.32 Å². The Balaban J connectivity index is 1.84. The number of carbonyl (C=O) groups excluding carboxylic acids is 1. The van der Waals surface area contributed by atoms with Crippen molar-refractivity contribution in [2.45, 2.75) is 20.8 Å². The number of aryl methyl sites for hydroxylation is 3. The molecule has 0 fully saturated rings. The first-order chi connectivity index (χ1) is 11.0. The van der Waals surface area contributed by atoms with Crippen LogP contribution in [0.5, 0.6) is 0 Å². The summed E-state index contributed by atoms with van der Waals surface area (Å²) >= 11 is 0. The zero-order valence-electron chi connectivity index (χ0n) is 13.4. The standard InChI is InChI=1S/C19H18N2O2/c1-12-9-13(2)18(14(3)10-12)20-19(22)17-11-16(21-23-17)15-7-5-4-6-8-15/h4-11H,1-3H3,(H,20,22). The van der Waals surface area contributed by atoms with Crippen molar-refractivity contribution in [2.24, 2.45) is 0 Å². The third-order valence-electron chi connectivity index (χ3n) is 3.72. The van der Waals surface area contributed by atoms with E-state index in [1.165, 1.54) is 5.56 Å². The average molecular weight is 306 g/mol. The molecule has 4 heteroatoms. The number of hydrogen-bond acceptors (Lipinski definition) is 3. The van der Waals surface area contributed by atoms with E-state index < -0.39 is 0 Å². The molecule has 1 amide bonds. The number of hydrogen-bond donors (Lipinski definition) is 1. The van der Waals surface area contributed by atoms with Gasteiger partial charge in [0.2, 0.25) is 5.76 Å². The zero-order chi connectivity index (χ0) is 16.4. The Morgan fingerprint density at radius 2 is 1.65 bits per heavy atom. The fourth-order valence-corrected chi connectivity index (χ4v) is 2.68. The SMILES string of the molecule is Cc1cc(C)c(NC(=O)c2cc(-c3ccccc3)no2)c(C)c1. The maximum absolute atomic E-state index is 12.4. The quantitative estimate of drug-likeness (QED) is 0.774. The molecule has 0 bridgehead atoms. The maximum atomic E-state index is 12.4. The first kappa shape index (κ1) is 15.0. The molecule has 0 atom stereocenters. The summed E-state index contributed by atoms with van der Waals surface area (Å²) < 4.78 is 5.19. The molecule has 116 valence electrons. The van der Waals surface area contributed by atoms with Crippen molar-refractivity contribution >= 4 is 11.6 Å². The molecule has 4 nitrogen and oxygen atoms in total. The highest BCUT2D eigenvalue weighted by molar-refractivity contribution is 6.03. The summed E-state index contributed by atoms with van der Waals surface area (Å²) in [6, 6.07) is 15.4. The third-order valence-corrected chi connectivity index (χ3v) is 3.72. The largest absolute Gasteiger partial charge is 0.350 e. The smallest absolute Gasteiger partial charge is 0.294 e. The van der Waals surface area contributed by atoms with Crippen LogP contribution in [0.25, 0.3) is 11.3 Å². The van der Waals surface area contributed by atoms with Crippen LogP contribution >= 0.6 is 0 Å². The van der Waals surface area contributed by atoms with Gasteiger partial charge in [0.1, 0.15) is 5.69 Å². The van der Waals surface area contributed by atoms with E-state index in [0.29, 0.717) is 5.69 Å². The molecule has 1 aromatic heterocycles. The van der Waals surface area contributed by atoms with Crippen molar-refractivity contribution in [3.8, 4) is 11.3 Å². The van der Waals surface area contributed by atoms with E-state index in [1.54, 1.807) is 6.07 Å². The predicted octanol–water partition coefficient (Wildman–Crippen LogP) is 4.52. The van der Waals surface area contributed by atoms with Gasteiger partial charge in [-0.2, -0.15) is 0 Å². The number of nitrogens with one attached hydrogen (secondary N) is 1. The lowest BCUT2D eigenvalue weighted by molar-refractivity contribution is 0.0988. The van der Waals surface area contributed by atoms with Crippen LogP contribution < -0.4 is 5.32 Å². The summed E-state index contributed by atoms with van der Waals surface area (Å²) in [7, 11) is 0. The minimum absolute atomic E-state index is 0.197. The Bertz CT molecular complexity index is 828. The number of amides is 1. The van der Waals surface area contributed by atoms with Gasteiger partial charge in [-0.3, -0.25) is 4.79 Å². The van der Waals surface area contributed by atoms with E-state index in [2.05, 4.69) is 10.5 Å². The highest BCUT2D eigenvalue weighted by atomic mass is 16.5. The lowest BCUT2D eigenvalue weighted by Crippen LogP contribution is -2.13. The first-order valence-electron chi connectivity index (χ1n) is 7.46. The molecule has 0 spiro atoms. The molecule has 0 aliphatic carbocycles. The molecular formula is C19H18N2O2. The molecule has 0 radical (unpaired) electrons. The number of rotatable bonds is 3. The molecule has 0 aliphatic heterocycles. The van der Waals surface area contributed by atoms with Crippen LogP contribution in [0.1, 0.15) is 27.2 Å². The van der Waals surface area contributed by atoms with Gasteiger partial charge in [-0.15, -0.1) is 0 Å². The summed E-state index contributed by atoms with van der Waals surface area (Å²) in [5.41, 5.74) is 5.60. The van der Waals surface area contributed by atoms with Crippen molar-refractivity contribution in [1.82, 2.24) is 5.16 Å². The van der Waals surface area contributed by atoms with Crippen LogP contribution in [0.4, 0.5) is 5.69 Å². The fourth-order valence-electron chi connectivity index (χ4n) is 2.68. The Morgan fingerprint density at radius 1 is 1.00 bits per heavy atom. The van der Waals surface area contributed by atoms with Crippen LogP contribution in [0, 0.1) is 20.8 Å². The lowest BCUT2D eigenvalue weighted by atomic mass is 10.0. The Labute approximate surface area is 135 Å². The molecule has 23 heavy (non-hydrogen) atoms. The summed E-state index contributed by atoms with van der Waals surface area (Å²) in [5.74, 6) is -0.0991. The van der Waals surface area contributed by atoms with E-state index in [1.807, 2.05) is 63.2 Å². The van der Waals surface area contributed by atoms with Gasteiger partial charge in [-0.25, -0.2) is 0 Å². The first-order valence-corrected chi connectivity index (χ1v) is 7.46. The van der Waals surface area contributed by atoms with Gasteiger partial charge in [0.05, 0.1) is 0 Å². The van der Waals surface area contributed by atoms with Crippen LogP contribution in [0.2, 0.25) is 0 Å². The maximum Gasteiger partial charge on any atom is 0.294 e. The van der Waals surface area contributed by atoms with Crippen molar-refractivity contribution in [3.63, 3.8) is 0 Å². The van der Waals surface area contributed by atoms with E-state index in [4.69, 9.17) is 4.52 Å². The molecule has 2 aromatic carbocycles. The highest BCUT2D eigenvalue weighted by Gasteiger charge is 2.16. The molecule has 0 unspecified atom stereocenters. The molecule has 0 saturated heterocycles. The van der Waals surface area contributed by atoms with Crippen LogP contribution in [-0.4, -0.2) is 11.1 Å². The number of benzene rings is 2. The van der Waals surface area contributed by atoms with Crippen LogP contribution in [0.15, 0.2) is 53.1 Å². The number of anilines is 1.